The SMILES string of the molecule is CC(C)(C)OC(=O)N1CC(NS(C)(=O)=O)C2(CC2Cc2cccc(Br)c2)C1. The minimum Gasteiger partial charge on any atom is -0.444 e. The van der Waals surface area contributed by atoms with Gasteiger partial charge in [-0.1, -0.05) is 28.1 Å². The summed E-state index contributed by atoms with van der Waals surface area (Å²) in [7, 11) is -3.36. The molecule has 1 aliphatic heterocycles. The number of carbonyl (C=O) groups excluding carboxylic acids is 1. The minimum absolute atomic E-state index is 0.220. The van der Waals surface area contributed by atoms with Crippen molar-refractivity contribution in [1.29, 1.82) is 0 Å². The molecule has 1 amide bonds. The monoisotopic (exact) mass is 458 g/mol. The van der Waals surface area contributed by atoms with Crippen LogP contribution in [-0.2, 0) is 21.2 Å². The highest BCUT2D eigenvalue weighted by Gasteiger charge is 2.64. The number of amides is 1. The second-order valence-electron chi connectivity index (χ2n) is 8.77. The van der Waals surface area contributed by atoms with Crippen LogP contribution in [0.4, 0.5) is 4.79 Å². The minimum atomic E-state index is -3.36. The summed E-state index contributed by atoms with van der Waals surface area (Å²) in [5.74, 6) is 0.332. The van der Waals surface area contributed by atoms with Crippen molar-refractivity contribution in [3.8, 4) is 0 Å². The van der Waals surface area contributed by atoms with Crippen molar-refractivity contribution in [2.45, 2.75) is 45.3 Å². The third-order valence-electron chi connectivity index (χ3n) is 5.24. The first-order valence-corrected chi connectivity index (χ1v) is 11.8. The Balaban J connectivity index is 1.76. The van der Waals surface area contributed by atoms with Gasteiger partial charge >= 0.3 is 6.09 Å². The molecule has 1 saturated carbocycles. The zero-order valence-electron chi connectivity index (χ0n) is 16.2. The Morgan fingerprint density at radius 1 is 1.41 bits per heavy atom. The summed E-state index contributed by atoms with van der Waals surface area (Å²) in [5, 5.41) is 0. The van der Waals surface area contributed by atoms with E-state index in [0.29, 0.717) is 19.0 Å². The van der Waals surface area contributed by atoms with Gasteiger partial charge in [0, 0.05) is 29.0 Å². The molecule has 1 N–H and O–H groups in total. The van der Waals surface area contributed by atoms with Gasteiger partial charge in [-0.15, -0.1) is 0 Å². The lowest BCUT2D eigenvalue weighted by molar-refractivity contribution is 0.0283. The van der Waals surface area contributed by atoms with Gasteiger partial charge in [-0.25, -0.2) is 17.9 Å². The Bertz CT molecular complexity index is 836. The van der Waals surface area contributed by atoms with Crippen molar-refractivity contribution in [3.63, 3.8) is 0 Å². The van der Waals surface area contributed by atoms with Crippen LogP contribution in [0.1, 0.15) is 32.8 Å². The van der Waals surface area contributed by atoms with E-state index in [0.717, 1.165) is 17.3 Å². The molecule has 3 unspecified atom stereocenters. The Morgan fingerprint density at radius 2 is 2.11 bits per heavy atom. The van der Waals surface area contributed by atoms with Gasteiger partial charge in [0.25, 0.3) is 0 Å². The average molecular weight is 459 g/mol. The number of nitrogens with one attached hydrogen (secondary N) is 1. The van der Waals surface area contributed by atoms with Crippen LogP contribution in [0, 0.1) is 11.3 Å². The van der Waals surface area contributed by atoms with Crippen LogP contribution in [0.25, 0.3) is 0 Å². The van der Waals surface area contributed by atoms with Gasteiger partial charge in [-0.2, -0.15) is 0 Å². The number of likely N-dealkylation sites (tertiary alicyclic amines) is 1. The molecular formula is C19H27BrN2O4S. The molecule has 2 fully saturated rings. The van der Waals surface area contributed by atoms with Crippen LogP contribution in [0.3, 0.4) is 0 Å². The molecule has 8 heteroatoms. The van der Waals surface area contributed by atoms with Crippen LogP contribution in [0.15, 0.2) is 28.7 Å². The van der Waals surface area contributed by atoms with Crippen molar-refractivity contribution in [2.24, 2.45) is 11.3 Å². The summed E-state index contributed by atoms with van der Waals surface area (Å²) in [6.07, 6.45) is 2.55. The van der Waals surface area contributed by atoms with Gasteiger partial charge in [-0.05, 0) is 57.2 Å². The largest absolute Gasteiger partial charge is 0.444 e. The van der Waals surface area contributed by atoms with Crippen LogP contribution in [0.5, 0.6) is 0 Å². The summed E-state index contributed by atoms with van der Waals surface area (Å²) in [6, 6.07) is 7.88. The second kappa shape index (κ2) is 7.04. The van der Waals surface area contributed by atoms with Crippen molar-refractivity contribution < 1.29 is 17.9 Å². The summed E-state index contributed by atoms with van der Waals surface area (Å²) in [4.78, 5) is 14.2. The van der Waals surface area contributed by atoms with E-state index in [1.165, 1.54) is 11.8 Å². The third kappa shape index (κ3) is 5.03. The number of ether oxygens (including phenoxy) is 1. The Labute approximate surface area is 169 Å². The number of halogens is 1. The lowest BCUT2D eigenvalue weighted by Gasteiger charge is -2.24. The molecule has 3 rings (SSSR count). The maximum Gasteiger partial charge on any atom is 0.410 e. The van der Waals surface area contributed by atoms with Gasteiger partial charge in [0.1, 0.15) is 5.60 Å². The number of hydrogen-bond acceptors (Lipinski definition) is 4. The predicted octanol–water partition coefficient (Wildman–Crippen LogP) is 3.17. The molecular weight excluding hydrogens is 432 g/mol. The van der Waals surface area contributed by atoms with Crippen molar-refractivity contribution in [3.05, 3.63) is 34.3 Å². The Morgan fingerprint density at radius 3 is 2.70 bits per heavy atom. The smallest absolute Gasteiger partial charge is 0.410 e. The fraction of sp³-hybridized carbons (Fsp3) is 0.632. The van der Waals surface area contributed by atoms with Crippen molar-refractivity contribution >= 4 is 32.0 Å². The van der Waals surface area contributed by atoms with Gasteiger partial charge in [0.05, 0.1) is 6.26 Å². The number of carbonyl (C=O) groups is 1. The van der Waals surface area contributed by atoms with E-state index < -0.39 is 15.6 Å². The lowest BCUT2D eigenvalue weighted by Crippen LogP contribution is -2.42. The zero-order chi connectivity index (χ0) is 20.0. The molecule has 1 heterocycles. The highest BCUT2D eigenvalue weighted by atomic mass is 79.9. The van der Waals surface area contributed by atoms with Crippen molar-refractivity contribution in [1.82, 2.24) is 9.62 Å². The fourth-order valence-corrected chi connectivity index (χ4v) is 5.33. The summed E-state index contributed by atoms with van der Waals surface area (Å²) in [6.45, 7) is 6.35. The topological polar surface area (TPSA) is 75.7 Å². The van der Waals surface area contributed by atoms with E-state index in [4.69, 9.17) is 4.74 Å². The number of benzene rings is 1. The van der Waals surface area contributed by atoms with E-state index in [2.05, 4.69) is 32.8 Å². The number of nitrogens with zero attached hydrogens (tertiary/aromatic N) is 1. The fourth-order valence-electron chi connectivity index (χ4n) is 4.06. The summed E-state index contributed by atoms with van der Waals surface area (Å²) in [5.41, 5.74) is 0.411. The van der Waals surface area contributed by atoms with Crippen molar-refractivity contribution in [2.75, 3.05) is 19.3 Å². The third-order valence-corrected chi connectivity index (χ3v) is 6.45. The summed E-state index contributed by atoms with van der Waals surface area (Å²) >= 11 is 3.49. The van der Waals surface area contributed by atoms with Gasteiger partial charge in [-0.3, -0.25) is 0 Å². The van der Waals surface area contributed by atoms with Crippen LogP contribution >= 0.6 is 15.9 Å². The lowest BCUT2D eigenvalue weighted by atomic mass is 9.95. The quantitative estimate of drug-likeness (QED) is 0.751. The van der Waals surface area contributed by atoms with Crippen LogP contribution in [-0.4, -0.2) is 50.4 Å². The molecule has 1 aliphatic carbocycles. The molecule has 1 saturated heterocycles. The first kappa shape index (κ1) is 20.6. The summed E-state index contributed by atoms with van der Waals surface area (Å²) < 4.78 is 33.0. The molecule has 6 nitrogen and oxygen atoms in total. The van der Waals surface area contributed by atoms with Crippen LogP contribution in [0.2, 0.25) is 0 Å². The first-order chi connectivity index (χ1) is 12.4. The average Bonchev–Trinajstić information content (AvgIpc) is 3.03. The molecule has 0 bridgehead atoms. The Hall–Kier alpha value is -1.12. The molecule has 1 spiro atoms. The maximum absolute atomic E-state index is 12.5. The molecule has 27 heavy (non-hydrogen) atoms. The zero-order valence-corrected chi connectivity index (χ0v) is 18.6. The molecule has 0 aromatic heterocycles. The standard InChI is InChI=1S/C19H27BrN2O4S/c1-18(2,3)26-17(23)22-11-16(21-27(4,24)25)19(12-22)10-14(19)8-13-6-5-7-15(20)9-13/h5-7,9,14,16,21H,8,10-12H2,1-4H3. The first-order valence-electron chi connectivity index (χ1n) is 9.08. The molecule has 1 aromatic rings. The van der Waals surface area contributed by atoms with E-state index in [1.807, 2.05) is 32.9 Å². The molecule has 3 atom stereocenters. The second-order valence-corrected chi connectivity index (χ2v) is 11.5. The van der Waals surface area contributed by atoms with Crippen LogP contribution < -0.4 is 4.72 Å². The highest BCUT2D eigenvalue weighted by Crippen LogP contribution is 2.60. The Kier molecular flexibility index (Phi) is 5.38. The van der Waals surface area contributed by atoms with Gasteiger partial charge in [0.15, 0.2) is 0 Å². The van der Waals surface area contributed by atoms with Gasteiger partial charge in [0.2, 0.25) is 10.0 Å². The molecule has 0 radical (unpaired) electrons. The van der Waals surface area contributed by atoms with E-state index in [1.54, 1.807) is 4.90 Å². The molecule has 1 aromatic carbocycles. The van der Waals surface area contributed by atoms with E-state index in [9.17, 15) is 13.2 Å². The van der Waals surface area contributed by atoms with E-state index in [-0.39, 0.29) is 17.6 Å². The predicted molar refractivity (Wildman–Crippen MR) is 108 cm³/mol. The van der Waals surface area contributed by atoms with E-state index >= 15 is 0 Å². The molecule has 150 valence electrons. The maximum atomic E-state index is 12.5. The normalized spacial score (nSPS) is 27.8. The number of rotatable bonds is 4. The van der Waals surface area contributed by atoms with Gasteiger partial charge < -0.3 is 9.64 Å². The molecule has 2 aliphatic rings. The number of hydrogen-bond donors (Lipinski definition) is 1. The highest BCUT2D eigenvalue weighted by molar-refractivity contribution is 9.10. The number of sulfonamides is 1.